The Bertz CT molecular complexity index is 1520. The highest BCUT2D eigenvalue weighted by Gasteiger charge is 2.66. The molecule has 40 heavy (non-hydrogen) atoms. The van der Waals surface area contributed by atoms with Gasteiger partial charge in [0.2, 0.25) is 0 Å². The monoisotopic (exact) mass is 1250 g/mol. The lowest BCUT2D eigenvalue weighted by Gasteiger charge is -2.43. The summed E-state index contributed by atoms with van der Waals surface area (Å²) >= 11 is 13.9. The first-order valence-corrected chi connectivity index (χ1v) is 21.9. The summed E-state index contributed by atoms with van der Waals surface area (Å²) in [5.74, 6) is -0.00500. The number of hydrogen-bond donors (Lipinski definition) is 0. The third kappa shape index (κ3) is 5.72. The van der Waals surface area contributed by atoms with Gasteiger partial charge in [0.1, 0.15) is 5.78 Å². The third-order valence-corrected chi connectivity index (χ3v) is 19.9. The predicted octanol–water partition coefficient (Wildman–Crippen LogP) is 10.3. The molecule has 2 aliphatic rings. The normalized spacial score (nSPS) is 22.6. The van der Waals surface area contributed by atoms with Crippen molar-refractivity contribution in [3.8, 4) is 0 Å². The average Bonchev–Trinajstić information content (AvgIpc) is 3.17. The van der Waals surface area contributed by atoms with Crippen LogP contribution in [-0.4, -0.2) is 20.0 Å². The molecule has 0 spiro atoms. The van der Waals surface area contributed by atoms with E-state index in [1.54, 1.807) is 0 Å². The van der Waals surface area contributed by atoms with E-state index in [-0.39, 0.29) is 22.9 Å². The van der Waals surface area contributed by atoms with Crippen molar-refractivity contribution in [3.63, 3.8) is 0 Å². The lowest BCUT2D eigenvalue weighted by molar-refractivity contribution is -0.128. The number of rotatable bonds is 7. The van der Waals surface area contributed by atoms with Gasteiger partial charge in [0.15, 0.2) is 0 Å². The van der Waals surface area contributed by atoms with Crippen LogP contribution >= 0.6 is 146 Å². The number of carbonyl (C=O) groups excluding carboxylic acids is 1. The highest BCUT2D eigenvalue weighted by atomic mass is 127. The fourth-order valence-corrected chi connectivity index (χ4v) is 23.3. The van der Waals surface area contributed by atoms with Gasteiger partial charge in [0.05, 0.1) is 11.2 Å². The maximum absolute atomic E-state index is 14.6. The Morgan fingerprint density at radius 3 is 1.70 bits per heavy atom. The Kier molecular flexibility index (Phi) is 10.2. The van der Waals surface area contributed by atoms with E-state index in [1.807, 2.05) is 30.3 Å². The summed E-state index contributed by atoms with van der Waals surface area (Å²) < 4.78 is 41.9. The van der Waals surface area contributed by atoms with E-state index in [9.17, 15) is 13.2 Å². The van der Waals surface area contributed by atoms with Gasteiger partial charge in [0.25, 0.3) is 10.1 Å². The molecule has 2 bridgehead atoms. The first kappa shape index (κ1) is 33.3. The minimum absolute atomic E-state index is 0.0677. The topological polar surface area (TPSA) is 60.4 Å². The Balaban J connectivity index is 1.82. The highest BCUT2D eigenvalue weighted by molar-refractivity contribution is 14.1. The molecule has 2 fully saturated rings. The second-order valence-corrected chi connectivity index (χ2v) is 22.2. The molecule has 3 aromatic carbocycles. The standard InChI is InChI=1S/C28H24I6O4S2/c1-27(2)16-8-9-28(27,24(35)10-16)15-39(36,37)38-40(19-6-4-3-5-7-19,25-20(31)11-17(29)12-21(25)32)26-22(33)13-18(30)14-23(26)34/h3-7,11-14,16H,8-10,15H2,1-2H3. The molecule has 0 aliphatic heterocycles. The summed E-state index contributed by atoms with van der Waals surface area (Å²) in [5.41, 5.74) is -1.31. The summed E-state index contributed by atoms with van der Waals surface area (Å²) in [7, 11) is -7.00. The van der Waals surface area contributed by atoms with E-state index in [1.165, 1.54) is 0 Å². The molecule has 0 heterocycles. The van der Waals surface area contributed by atoms with Gasteiger partial charge in [-0.1, -0.05) is 32.0 Å². The van der Waals surface area contributed by atoms with Crippen molar-refractivity contribution in [2.75, 3.05) is 5.75 Å². The predicted molar refractivity (Wildman–Crippen MR) is 211 cm³/mol. The van der Waals surface area contributed by atoms with E-state index < -0.39 is 25.8 Å². The second kappa shape index (κ2) is 12.3. The molecular formula is C28H24I6O4S2. The molecule has 0 radical (unpaired) electrons. The number of benzene rings is 3. The minimum atomic E-state index is -4.20. The summed E-state index contributed by atoms with van der Waals surface area (Å²) in [6.45, 7) is 4.14. The molecule has 2 aliphatic carbocycles. The minimum Gasteiger partial charge on any atom is -0.299 e. The average molecular weight is 1250 g/mol. The van der Waals surface area contributed by atoms with Crippen molar-refractivity contribution in [2.45, 2.75) is 47.8 Å². The van der Waals surface area contributed by atoms with Gasteiger partial charge in [-0.15, -0.1) is 0 Å². The van der Waals surface area contributed by atoms with Crippen LogP contribution in [0.2, 0.25) is 0 Å². The van der Waals surface area contributed by atoms with Crippen LogP contribution in [0.5, 0.6) is 0 Å². The zero-order chi connectivity index (χ0) is 29.3. The van der Waals surface area contributed by atoms with Crippen molar-refractivity contribution >= 4 is 162 Å². The zero-order valence-corrected chi connectivity index (χ0v) is 35.9. The van der Waals surface area contributed by atoms with E-state index >= 15 is 0 Å². The van der Waals surface area contributed by atoms with Crippen molar-refractivity contribution in [3.05, 3.63) is 76.0 Å². The van der Waals surface area contributed by atoms with Crippen LogP contribution in [0.3, 0.4) is 0 Å². The van der Waals surface area contributed by atoms with Gasteiger partial charge in [-0.05, 0) is 206 Å². The molecule has 2 saturated carbocycles. The van der Waals surface area contributed by atoms with Gasteiger partial charge in [-0.3, -0.25) is 4.79 Å². The van der Waals surface area contributed by atoms with Crippen LogP contribution in [0.1, 0.15) is 33.1 Å². The maximum atomic E-state index is 14.6. The van der Waals surface area contributed by atoms with E-state index in [4.69, 9.17) is 3.63 Å². The first-order valence-electron chi connectivity index (χ1n) is 12.3. The molecule has 2 atom stereocenters. The summed E-state index contributed by atoms with van der Waals surface area (Å²) in [6, 6.07) is 18.1. The molecule has 3 aromatic rings. The highest BCUT2D eigenvalue weighted by Crippen LogP contribution is 2.74. The van der Waals surface area contributed by atoms with Gasteiger partial charge >= 0.3 is 0 Å². The number of fused-ring (bicyclic) bond motifs is 2. The molecule has 5 rings (SSSR count). The quantitative estimate of drug-likeness (QED) is 0.221. The first-order chi connectivity index (χ1) is 18.6. The lowest BCUT2D eigenvalue weighted by atomic mass is 9.70. The summed E-state index contributed by atoms with van der Waals surface area (Å²) in [4.78, 5) is 16.0. The van der Waals surface area contributed by atoms with Gasteiger partial charge in [0, 0.05) is 42.5 Å². The number of halogens is 6. The van der Waals surface area contributed by atoms with Crippen LogP contribution in [0.25, 0.3) is 0 Å². The van der Waals surface area contributed by atoms with Gasteiger partial charge in [-0.25, -0.2) is 3.63 Å². The number of hydrogen-bond acceptors (Lipinski definition) is 4. The summed E-state index contributed by atoms with van der Waals surface area (Å²) in [5, 5.41) is 0. The SMILES string of the molecule is CC1(C)C2CCC1(CS(=O)(=O)OS(c1ccccc1)(c1c(I)cc(I)cc1I)c1c(I)cc(I)cc1I)C(=O)C2. The molecule has 0 aromatic heterocycles. The molecular weight excluding hydrogens is 1230 g/mol. The zero-order valence-electron chi connectivity index (χ0n) is 21.3. The van der Waals surface area contributed by atoms with Crippen LogP contribution in [0.4, 0.5) is 0 Å². The molecule has 4 nitrogen and oxygen atoms in total. The number of carbonyl (C=O) groups is 1. The number of Topliss-reactive ketones (excluding diaryl/α,β-unsaturated/α-hetero) is 1. The fraction of sp³-hybridized carbons (Fsp3) is 0.321. The lowest BCUT2D eigenvalue weighted by Crippen LogP contribution is -2.42. The van der Waals surface area contributed by atoms with Crippen LogP contribution in [0.15, 0.2) is 69.3 Å². The second-order valence-electron chi connectivity index (χ2n) is 10.7. The summed E-state index contributed by atoms with van der Waals surface area (Å²) in [6.07, 6.45) is 1.93. The Hall–Kier alpha value is 1.97. The van der Waals surface area contributed by atoms with E-state index in [0.29, 0.717) is 12.8 Å². The molecule has 0 N–H and O–H groups in total. The van der Waals surface area contributed by atoms with Crippen LogP contribution in [-0.2, 0) is 18.5 Å². The third-order valence-electron chi connectivity index (χ3n) is 8.34. The van der Waals surface area contributed by atoms with Gasteiger partial charge in [-0.2, -0.15) is 8.42 Å². The molecule has 214 valence electrons. The molecule has 0 amide bonds. The fourth-order valence-electron chi connectivity index (χ4n) is 6.25. The Morgan fingerprint density at radius 1 is 0.825 bits per heavy atom. The van der Waals surface area contributed by atoms with E-state index in [0.717, 1.165) is 42.5 Å². The largest absolute Gasteiger partial charge is 0.299 e. The van der Waals surface area contributed by atoms with Crippen LogP contribution < -0.4 is 0 Å². The van der Waals surface area contributed by atoms with Crippen LogP contribution in [0, 0.1) is 38.2 Å². The Morgan fingerprint density at radius 2 is 1.30 bits per heavy atom. The molecule has 0 saturated heterocycles. The van der Waals surface area contributed by atoms with Crippen molar-refractivity contribution in [1.82, 2.24) is 0 Å². The van der Waals surface area contributed by atoms with E-state index in [2.05, 4.69) is 174 Å². The smallest absolute Gasteiger partial charge is 0.278 e. The molecule has 2 unspecified atom stereocenters. The maximum Gasteiger partial charge on any atom is 0.278 e. The van der Waals surface area contributed by atoms with Crippen molar-refractivity contribution < 1.29 is 16.8 Å². The van der Waals surface area contributed by atoms with Gasteiger partial charge < -0.3 is 0 Å². The Labute approximate surface area is 319 Å². The number of ketones is 1. The van der Waals surface area contributed by atoms with Crippen molar-refractivity contribution in [1.29, 1.82) is 0 Å². The molecule has 12 heteroatoms. The van der Waals surface area contributed by atoms with Crippen molar-refractivity contribution in [2.24, 2.45) is 16.7 Å².